The summed E-state index contributed by atoms with van der Waals surface area (Å²) in [6.45, 7) is 0. The van der Waals surface area contributed by atoms with Crippen LogP contribution in [0.15, 0.2) is 81.7 Å². The first kappa shape index (κ1) is 15.9. The summed E-state index contributed by atoms with van der Waals surface area (Å²) in [6.07, 6.45) is 0. The molecule has 24 heavy (non-hydrogen) atoms. The molecule has 0 saturated heterocycles. The Labute approximate surface area is 161 Å². The molecule has 1 aromatic heterocycles. The fourth-order valence-electron chi connectivity index (χ4n) is 2.52. The zero-order valence-corrected chi connectivity index (χ0v) is 16.5. The van der Waals surface area contributed by atoms with Crippen LogP contribution in [0, 0.1) is 0 Å². The van der Waals surface area contributed by atoms with E-state index in [-0.39, 0.29) is 0 Å². The van der Waals surface area contributed by atoms with Gasteiger partial charge in [0.2, 0.25) is 0 Å². The molecule has 4 rings (SSSR count). The third-order valence-electron chi connectivity index (χ3n) is 3.70. The summed E-state index contributed by atoms with van der Waals surface area (Å²) in [5.74, 6) is 0.856. The van der Waals surface area contributed by atoms with Gasteiger partial charge in [0.1, 0.15) is 5.75 Å². The fourth-order valence-corrected chi connectivity index (χ4v) is 4.04. The molecule has 118 valence electrons. The summed E-state index contributed by atoms with van der Waals surface area (Å²) in [5.41, 5.74) is 1.20. The predicted molar refractivity (Wildman–Crippen MR) is 109 cm³/mol. The van der Waals surface area contributed by atoms with Crippen molar-refractivity contribution in [3.05, 3.63) is 81.7 Å². The maximum Gasteiger partial charge on any atom is 0.181 e. The lowest BCUT2D eigenvalue weighted by Gasteiger charge is -2.05. The molecule has 0 aliphatic heterocycles. The van der Waals surface area contributed by atoms with Gasteiger partial charge in [-0.15, -0.1) is 0 Å². The Kier molecular flexibility index (Phi) is 4.44. The maximum absolute atomic E-state index is 6.04. The Morgan fingerprint density at radius 2 is 1.38 bits per heavy atom. The summed E-state index contributed by atoms with van der Waals surface area (Å²) in [4.78, 5) is 1.20. The topological polar surface area (TPSA) is 9.23 Å². The van der Waals surface area contributed by atoms with Crippen LogP contribution in [0.5, 0.6) is 10.8 Å². The lowest BCUT2D eigenvalue weighted by Crippen LogP contribution is -1.81. The second-order valence-electron chi connectivity index (χ2n) is 5.38. The minimum Gasteiger partial charge on any atom is -0.447 e. The third kappa shape index (κ3) is 3.41. The monoisotopic (exact) mass is 458 g/mol. The Hall–Kier alpha value is -1.62. The van der Waals surface area contributed by atoms with Crippen molar-refractivity contribution in [1.82, 2.24) is 0 Å². The van der Waals surface area contributed by atoms with E-state index in [9.17, 15) is 0 Å². The summed E-state index contributed by atoms with van der Waals surface area (Å²) in [7, 11) is 0. The molecule has 1 heterocycles. The van der Waals surface area contributed by atoms with Crippen molar-refractivity contribution in [3.8, 4) is 21.3 Å². The van der Waals surface area contributed by atoms with E-state index in [1.54, 1.807) is 11.3 Å². The van der Waals surface area contributed by atoms with Gasteiger partial charge in [-0.25, -0.2) is 0 Å². The van der Waals surface area contributed by atoms with Crippen molar-refractivity contribution >= 4 is 54.0 Å². The van der Waals surface area contributed by atoms with E-state index in [2.05, 4.69) is 86.5 Å². The minimum atomic E-state index is 0.856. The van der Waals surface area contributed by atoms with Crippen molar-refractivity contribution in [2.24, 2.45) is 0 Å². The normalized spacial score (nSPS) is 10.9. The van der Waals surface area contributed by atoms with Crippen LogP contribution in [0.25, 0.3) is 21.2 Å². The lowest BCUT2D eigenvalue weighted by molar-refractivity contribution is 0.497. The number of thiophene rings is 1. The molecule has 0 amide bonds. The Morgan fingerprint density at radius 1 is 0.667 bits per heavy atom. The molecule has 0 bridgehead atoms. The Bertz CT molecular complexity index is 1010. The fraction of sp³-hybridized carbons (Fsp3) is 0. The third-order valence-corrected chi connectivity index (χ3v) is 5.74. The van der Waals surface area contributed by atoms with Gasteiger partial charge in [0.05, 0.1) is 0 Å². The van der Waals surface area contributed by atoms with E-state index in [1.807, 2.05) is 18.2 Å². The molecule has 0 aliphatic rings. The first-order chi connectivity index (χ1) is 11.7. The molecule has 3 aromatic carbocycles. The summed E-state index contributed by atoms with van der Waals surface area (Å²) in [6, 6.07) is 24.8. The van der Waals surface area contributed by atoms with Gasteiger partial charge in [-0.3, -0.25) is 0 Å². The van der Waals surface area contributed by atoms with Gasteiger partial charge >= 0.3 is 0 Å². The number of hydrogen-bond acceptors (Lipinski definition) is 2. The molecule has 0 unspecified atom stereocenters. The summed E-state index contributed by atoms with van der Waals surface area (Å²) < 4.78 is 8.21. The number of ether oxygens (including phenoxy) is 1. The van der Waals surface area contributed by atoms with Gasteiger partial charge in [-0.1, -0.05) is 67.5 Å². The first-order valence-corrected chi connectivity index (χ1v) is 9.81. The SMILES string of the molecule is Brc1ccc(-c2ccc(Oc3ccc4cc(Br)ccc4c3)s2)cc1. The Balaban J connectivity index is 1.59. The van der Waals surface area contributed by atoms with E-state index >= 15 is 0 Å². The first-order valence-electron chi connectivity index (χ1n) is 7.40. The number of hydrogen-bond donors (Lipinski definition) is 0. The largest absolute Gasteiger partial charge is 0.447 e. The molecule has 0 saturated carbocycles. The quantitative estimate of drug-likeness (QED) is 0.302. The molecular formula is C20H12Br2OS. The average Bonchev–Trinajstić information content (AvgIpc) is 3.04. The van der Waals surface area contributed by atoms with Gasteiger partial charge in [0.25, 0.3) is 0 Å². The Morgan fingerprint density at radius 3 is 2.21 bits per heavy atom. The zero-order valence-electron chi connectivity index (χ0n) is 12.5. The second kappa shape index (κ2) is 6.71. The van der Waals surface area contributed by atoms with E-state index in [0.717, 1.165) is 19.8 Å². The van der Waals surface area contributed by atoms with Gasteiger partial charge in [0.15, 0.2) is 5.06 Å². The molecule has 0 spiro atoms. The number of halogens is 2. The van der Waals surface area contributed by atoms with Crippen LogP contribution in [0.4, 0.5) is 0 Å². The predicted octanol–water partition coefficient (Wildman–Crippen LogP) is 7.89. The van der Waals surface area contributed by atoms with E-state index in [4.69, 9.17) is 4.74 Å². The highest BCUT2D eigenvalue weighted by atomic mass is 79.9. The van der Waals surface area contributed by atoms with Crippen molar-refractivity contribution in [3.63, 3.8) is 0 Å². The highest BCUT2D eigenvalue weighted by Crippen LogP contribution is 2.36. The van der Waals surface area contributed by atoms with Crippen LogP contribution >= 0.6 is 43.2 Å². The molecule has 4 aromatic rings. The van der Waals surface area contributed by atoms with Crippen LogP contribution < -0.4 is 4.74 Å². The van der Waals surface area contributed by atoms with E-state index < -0.39 is 0 Å². The van der Waals surface area contributed by atoms with Crippen molar-refractivity contribution in [2.75, 3.05) is 0 Å². The smallest absolute Gasteiger partial charge is 0.181 e. The summed E-state index contributed by atoms with van der Waals surface area (Å²) in [5, 5.41) is 3.25. The van der Waals surface area contributed by atoms with Crippen LogP contribution in [-0.4, -0.2) is 0 Å². The minimum absolute atomic E-state index is 0.856. The molecule has 0 fully saturated rings. The molecule has 1 nitrogen and oxygen atoms in total. The second-order valence-corrected chi connectivity index (χ2v) is 8.26. The highest BCUT2D eigenvalue weighted by Gasteiger charge is 2.06. The number of benzene rings is 3. The van der Waals surface area contributed by atoms with Crippen molar-refractivity contribution < 1.29 is 4.74 Å². The van der Waals surface area contributed by atoms with Crippen molar-refractivity contribution in [2.45, 2.75) is 0 Å². The standard InChI is InChI=1S/C20H12Br2OS/c21-16-5-1-13(2-6-16)19-9-10-20(24-19)23-18-8-4-14-11-17(22)7-3-15(14)12-18/h1-12H. The molecule has 4 heteroatoms. The molecule has 0 atom stereocenters. The van der Waals surface area contributed by atoms with Gasteiger partial charge < -0.3 is 4.74 Å². The highest BCUT2D eigenvalue weighted by molar-refractivity contribution is 9.10. The molecular weight excluding hydrogens is 448 g/mol. The maximum atomic E-state index is 6.04. The zero-order chi connectivity index (χ0) is 16.5. The summed E-state index contributed by atoms with van der Waals surface area (Å²) >= 11 is 8.62. The van der Waals surface area contributed by atoms with Crippen LogP contribution in [0.3, 0.4) is 0 Å². The van der Waals surface area contributed by atoms with Gasteiger partial charge in [0, 0.05) is 13.8 Å². The lowest BCUT2D eigenvalue weighted by atomic mass is 10.1. The van der Waals surface area contributed by atoms with Crippen molar-refractivity contribution in [1.29, 1.82) is 0 Å². The molecule has 0 radical (unpaired) electrons. The molecule has 0 N–H and O–H groups in total. The van der Waals surface area contributed by atoms with Crippen LogP contribution in [-0.2, 0) is 0 Å². The van der Waals surface area contributed by atoms with Gasteiger partial charge in [-0.2, -0.15) is 0 Å². The van der Waals surface area contributed by atoms with Crippen LogP contribution in [0.1, 0.15) is 0 Å². The van der Waals surface area contributed by atoms with E-state index in [0.29, 0.717) is 0 Å². The van der Waals surface area contributed by atoms with E-state index in [1.165, 1.54) is 21.2 Å². The number of rotatable bonds is 3. The average molecular weight is 460 g/mol. The van der Waals surface area contributed by atoms with Gasteiger partial charge in [-0.05, 0) is 64.9 Å². The number of fused-ring (bicyclic) bond motifs is 1. The molecule has 0 aliphatic carbocycles. The van der Waals surface area contributed by atoms with Crippen LogP contribution in [0.2, 0.25) is 0 Å².